The topological polar surface area (TPSA) is 67.2 Å². The number of aryl methyl sites for hydroxylation is 2. The number of hydrogen-bond acceptors (Lipinski definition) is 3. The number of carboxylic acid groups (broad SMARTS) is 1. The Morgan fingerprint density at radius 1 is 1.77 bits per heavy atom. The molecule has 0 bridgehead atoms. The highest BCUT2D eigenvalue weighted by Crippen LogP contribution is 2.05. The van der Waals surface area contributed by atoms with Crippen molar-refractivity contribution in [3.63, 3.8) is 0 Å². The summed E-state index contributed by atoms with van der Waals surface area (Å²) >= 11 is 0. The Labute approximate surface area is 75.7 Å². The van der Waals surface area contributed by atoms with Gasteiger partial charge in [-0.25, -0.2) is 4.79 Å². The van der Waals surface area contributed by atoms with E-state index < -0.39 is 5.97 Å². The van der Waals surface area contributed by atoms with Crippen LogP contribution >= 0.6 is 0 Å². The van der Waals surface area contributed by atoms with Crippen molar-refractivity contribution in [2.45, 2.75) is 6.92 Å². The minimum atomic E-state index is -0.986. The Bertz CT molecular complexity index is 322. The van der Waals surface area contributed by atoms with Crippen LogP contribution in [0.4, 0.5) is 5.82 Å². The Hall–Kier alpha value is -1.78. The number of hydrogen-bond donors (Lipinski definition) is 2. The second kappa shape index (κ2) is 3.75. The zero-order chi connectivity index (χ0) is 9.84. The van der Waals surface area contributed by atoms with Gasteiger partial charge in [0.15, 0.2) is 5.82 Å². The molecule has 0 unspecified atom stereocenters. The number of anilines is 1. The molecule has 0 saturated carbocycles. The van der Waals surface area contributed by atoms with Gasteiger partial charge in [0.1, 0.15) is 0 Å². The lowest BCUT2D eigenvalue weighted by Gasteiger charge is -1.91. The maximum absolute atomic E-state index is 10.1. The van der Waals surface area contributed by atoms with Gasteiger partial charge in [0.2, 0.25) is 0 Å². The van der Waals surface area contributed by atoms with Crippen molar-refractivity contribution in [2.24, 2.45) is 7.05 Å². The second-order valence-corrected chi connectivity index (χ2v) is 2.61. The van der Waals surface area contributed by atoms with E-state index in [1.807, 2.05) is 20.0 Å². The van der Waals surface area contributed by atoms with E-state index >= 15 is 0 Å². The van der Waals surface area contributed by atoms with E-state index in [1.165, 1.54) is 6.20 Å². The molecule has 1 aromatic rings. The van der Waals surface area contributed by atoms with Crippen LogP contribution in [0.15, 0.2) is 18.3 Å². The molecule has 0 saturated heterocycles. The van der Waals surface area contributed by atoms with Crippen molar-refractivity contribution in [1.82, 2.24) is 9.78 Å². The molecule has 0 aliphatic rings. The zero-order valence-corrected chi connectivity index (χ0v) is 7.48. The van der Waals surface area contributed by atoms with Crippen LogP contribution < -0.4 is 5.32 Å². The Balaban J connectivity index is 2.60. The van der Waals surface area contributed by atoms with E-state index in [2.05, 4.69) is 10.4 Å². The molecule has 0 aromatic carbocycles. The van der Waals surface area contributed by atoms with Crippen LogP contribution in [0.2, 0.25) is 0 Å². The lowest BCUT2D eigenvalue weighted by molar-refractivity contribution is -0.131. The molecule has 2 N–H and O–H groups in total. The molecule has 0 amide bonds. The van der Waals surface area contributed by atoms with Gasteiger partial charge < -0.3 is 10.4 Å². The number of carboxylic acids is 1. The van der Waals surface area contributed by atoms with Crippen molar-refractivity contribution >= 4 is 11.8 Å². The minimum absolute atomic E-state index is 0.637. The fraction of sp³-hybridized carbons (Fsp3) is 0.250. The van der Waals surface area contributed by atoms with Crippen LogP contribution in [-0.2, 0) is 11.8 Å². The molecule has 0 aliphatic carbocycles. The molecule has 0 radical (unpaired) electrons. The van der Waals surface area contributed by atoms with Gasteiger partial charge >= 0.3 is 5.97 Å². The number of rotatable bonds is 3. The van der Waals surface area contributed by atoms with Crippen LogP contribution in [0.3, 0.4) is 0 Å². The SMILES string of the molecule is Cc1cc(N/C=C/C(=O)O)nn1C. The first-order chi connectivity index (χ1) is 6.09. The van der Waals surface area contributed by atoms with Gasteiger partial charge in [-0.1, -0.05) is 0 Å². The number of nitrogens with one attached hydrogen (secondary N) is 1. The monoisotopic (exact) mass is 181 g/mol. The molecular weight excluding hydrogens is 170 g/mol. The molecule has 1 aromatic heterocycles. The zero-order valence-electron chi connectivity index (χ0n) is 7.48. The van der Waals surface area contributed by atoms with E-state index in [4.69, 9.17) is 5.11 Å². The number of aliphatic carboxylic acids is 1. The van der Waals surface area contributed by atoms with Crippen LogP contribution in [0, 0.1) is 6.92 Å². The third-order valence-electron chi connectivity index (χ3n) is 1.57. The van der Waals surface area contributed by atoms with Crippen LogP contribution in [0.1, 0.15) is 5.69 Å². The molecule has 0 fully saturated rings. The quantitative estimate of drug-likeness (QED) is 0.675. The van der Waals surface area contributed by atoms with E-state index in [9.17, 15) is 4.79 Å². The minimum Gasteiger partial charge on any atom is -0.478 e. The summed E-state index contributed by atoms with van der Waals surface area (Å²) in [5.74, 6) is -0.349. The van der Waals surface area contributed by atoms with Crippen molar-refractivity contribution in [3.8, 4) is 0 Å². The standard InChI is InChI=1S/C8H11N3O2/c1-6-5-7(10-11(6)2)9-4-3-8(12)13/h3-5H,1-2H3,(H,9,10)(H,12,13)/b4-3+. The smallest absolute Gasteiger partial charge is 0.329 e. The molecule has 5 heteroatoms. The maximum atomic E-state index is 10.1. The summed E-state index contributed by atoms with van der Waals surface area (Å²) in [6.07, 6.45) is 2.36. The summed E-state index contributed by atoms with van der Waals surface area (Å²) < 4.78 is 1.71. The lowest BCUT2D eigenvalue weighted by Crippen LogP contribution is -1.95. The maximum Gasteiger partial charge on any atom is 0.329 e. The molecule has 13 heavy (non-hydrogen) atoms. The molecule has 5 nitrogen and oxygen atoms in total. The van der Waals surface area contributed by atoms with Crippen LogP contribution in [0.25, 0.3) is 0 Å². The highest BCUT2D eigenvalue weighted by molar-refractivity contribution is 5.80. The van der Waals surface area contributed by atoms with Crippen LogP contribution in [0.5, 0.6) is 0 Å². The number of aromatic nitrogens is 2. The van der Waals surface area contributed by atoms with Gasteiger partial charge in [0.05, 0.1) is 0 Å². The molecule has 0 aliphatic heterocycles. The third-order valence-corrected chi connectivity index (χ3v) is 1.57. The number of carbonyl (C=O) groups is 1. The summed E-state index contributed by atoms with van der Waals surface area (Å²) in [4.78, 5) is 10.1. The Kier molecular flexibility index (Phi) is 2.69. The predicted molar refractivity (Wildman–Crippen MR) is 48.3 cm³/mol. The van der Waals surface area contributed by atoms with Gasteiger partial charge in [0, 0.05) is 31.1 Å². The van der Waals surface area contributed by atoms with Gasteiger partial charge in [-0.15, -0.1) is 0 Å². The number of nitrogens with zero attached hydrogens (tertiary/aromatic N) is 2. The summed E-state index contributed by atoms with van der Waals surface area (Å²) in [7, 11) is 1.82. The average molecular weight is 181 g/mol. The fourth-order valence-electron chi connectivity index (χ4n) is 0.829. The summed E-state index contributed by atoms with van der Waals surface area (Å²) in [6.45, 7) is 1.92. The van der Waals surface area contributed by atoms with Gasteiger partial charge in [-0.05, 0) is 6.92 Å². The second-order valence-electron chi connectivity index (χ2n) is 2.61. The van der Waals surface area contributed by atoms with Crippen molar-refractivity contribution in [3.05, 3.63) is 24.0 Å². The predicted octanol–water partition coefficient (Wildman–Crippen LogP) is 0.739. The molecular formula is C8H11N3O2. The van der Waals surface area contributed by atoms with E-state index in [-0.39, 0.29) is 0 Å². The van der Waals surface area contributed by atoms with E-state index in [1.54, 1.807) is 4.68 Å². The normalized spacial score (nSPS) is 10.6. The summed E-state index contributed by atoms with van der Waals surface area (Å²) in [5.41, 5.74) is 1.01. The van der Waals surface area contributed by atoms with Crippen molar-refractivity contribution in [2.75, 3.05) is 5.32 Å². The Morgan fingerprint density at radius 2 is 2.46 bits per heavy atom. The first-order valence-corrected chi connectivity index (χ1v) is 3.76. The van der Waals surface area contributed by atoms with Gasteiger partial charge in [-0.3, -0.25) is 4.68 Å². The first kappa shape index (κ1) is 9.31. The summed E-state index contributed by atoms with van der Waals surface area (Å²) in [6, 6.07) is 1.83. The molecule has 0 atom stereocenters. The van der Waals surface area contributed by atoms with Crippen molar-refractivity contribution < 1.29 is 9.90 Å². The molecule has 1 heterocycles. The molecule has 0 spiro atoms. The van der Waals surface area contributed by atoms with Crippen LogP contribution in [-0.4, -0.2) is 20.9 Å². The Morgan fingerprint density at radius 3 is 2.92 bits per heavy atom. The van der Waals surface area contributed by atoms with Gasteiger partial charge in [-0.2, -0.15) is 5.10 Å². The van der Waals surface area contributed by atoms with E-state index in [0.29, 0.717) is 5.82 Å². The largest absolute Gasteiger partial charge is 0.478 e. The first-order valence-electron chi connectivity index (χ1n) is 3.76. The fourth-order valence-corrected chi connectivity index (χ4v) is 0.829. The highest BCUT2D eigenvalue weighted by Gasteiger charge is 1.97. The highest BCUT2D eigenvalue weighted by atomic mass is 16.4. The molecule has 70 valence electrons. The average Bonchev–Trinajstić information content (AvgIpc) is 2.30. The molecule has 1 rings (SSSR count). The summed E-state index contributed by atoms with van der Waals surface area (Å²) in [5, 5.41) is 15.1. The van der Waals surface area contributed by atoms with Crippen molar-refractivity contribution in [1.29, 1.82) is 0 Å². The third kappa shape index (κ3) is 2.62. The van der Waals surface area contributed by atoms with Gasteiger partial charge in [0.25, 0.3) is 0 Å². The lowest BCUT2D eigenvalue weighted by atomic mass is 10.4. The van der Waals surface area contributed by atoms with E-state index in [0.717, 1.165) is 11.8 Å².